The second-order valence-corrected chi connectivity index (χ2v) is 5.77. The van der Waals surface area contributed by atoms with Gasteiger partial charge in [-0.3, -0.25) is 0 Å². The molecule has 2 rings (SSSR count). The summed E-state index contributed by atoms with van der Waals surface area (Å²) in [5.74, 6) is 0. The topological polar surface area (TPSA) is 41.9 Å². The van der Waals surface area contributed by atoms with E-state index in [9.17, 15) is 5.11 Å². The van der Waals surface area contributed by atoms with E-state index in [2.05, 4.69) is 11.8 Å². The van der Waals surface area contributed by atoms with Crippen molar-refractivity contribution in [2.45, 2.75) is 38.7 Å². The molecule has 0 aliphatic carbocycles. The second-order valence-electron chi connectivity index (χ2n) is 5.77. The summed E-state index contributed by atoms with van der Waals surface area (Å²) in [5, 5.41) is 9.70. The number of nitrogens with zero attached hydrogens (tertiary/aromatic N) is 1. The summed E-state index contributed by atoms with van der Waals surface area (Å²) in [6, 6.07) is 0. The summed E-state index contributed by atoms with van der Waals surface area (Å²) < 4.78 is 11.3. The Morgan fingerprint density at radius 1 is 1.44 bits per heavy atom. The molecule has 0 aromatic carbocycles. The predicted molar refractivity (Wildman–Crippen MR) is 70.7 cm³/mol. The number of rotatable bonds is 5. The second kappa shape index (κ2) is 6.85. The normalized spacial score (nSPS) is 34.7. The molecule has 0 aromatic heterocycles. The van der Waals surface area contributed by atoms with Gasteiger partial charge in [-0.15, -0.1) is 0 Å². The monoisotopic (exact) mass is 257 g/mol. The molecular weight excluding hydrogens is 230 g/mol. The first-order valence-corrected chi connectivity index (χ1v) is 7.30. The van der Waals surface area contributed by atoms with Crippen LogP contribution in [0.25, 0.3) is 0 Å². The van der Waals surface area contributed by atoms with Crippen molar-refractivity contribution >= 4 is 0 Å². The lowest BCUT2D eigenvalue weighted by Crippen LogP contribution is -2.49. The maximum Gasteiger partial charge on any atom is 0.0702 e. The molecule has 0 amide bonds. The zero-order valence-corrected chi connectivity index (χ0v) is 11.6. The fourth-order valence-corrected chi connectivity index (χ4v) is 3.21. The SMILES string of the molecule is CCOC1CCCN(CC2(CO)CCCOC2)C1. The van der Waals surface area contributed by atoms with Crippen molar-refractivity contribution in [2.24, 2.45) is 5.41 Å². The number of piperidine rings is 1. The smallest absolute Gasteiger partial charge is 0.0702 e. The summed E-state index contributed by atoms with van der Waals surface area (Å²) >= 11 is 0. The molecule has 0 radical (unpaired) electrons. The van der Waals surface area contributed by atoms with E-state index in [4.69, 9.17) is 9.47 Å². The van der Waals surface area contributed by atoms with Crippen LogP contribution in [0.1, 0.15) is 32.6 Å². The summed E-state index contributed by atoms with van der Waals surface area (Å²) in [7, 11) is 0. The maximum atomic E-state index is 9.70. The number of aliphatic hydroxyl groups excluding tert-OH is 1. The van der Waals surface area contributed by atoms with E-state index < -0.39 is 0 Å². The fourth-order valence-electron chi connectivity index (χ4n) is 3.21. The van der Waals surface area contributed by atoms with Gasteiger partial charge in [0.2, 0.25) is 0 Å². The van der Waals surface area contributed by atoms with Gasteiger partial charge in [0.15, 0.2) is 0 Å². The lowest BCUT2D eigenvalue weighted by atomic mass is 9.82. The highest BCUT2D eigenvalue weighted by Gasteiger charge is 2.35. The standard InChI is InChI=1S/C14H27NO3/c1-2-18-13-5-3-7-15(9-13)10-14(11-16)6-4-8-17-12-14/h13,16H,2-12H2,1H3. The number of ether oxygens (including phenoxy) is 2. The Bertz CT molecular complexity index is 239. The Balaban J connectivity index is 1.86. The van der Waals surface area contributed by atoms with Crippen molar-refractivity contribution in [1.29, 1.82) is 0 Å². The molecule has 18 heavy (non-hydrogen) atoms. The number of likely N-dealkylation sites (tertiary alicyclic amines) is 1. The largest absolute Gasteiger partial charge is 0.396 e. The maximum absolute atomic E-state index is 9.70. The molecule has 2 aliphatic rings. The van der Waals surface area contributed by atoms with Gasteiger partial charge in [-0.1, -0.05) is 0 Å². The van der Waals surface area contributed by atoms with E-state index in [1.807, 2.05) is 0 Å². The first kappa shape index (κ1) is 14.3. The molecule has 0 aromatic rings. The van der Waals surface area contributed by atoms with Crippen LogP contribution in [0.15, 0.2) is 0 Å². The Morgan fingerprint density at radius 2 is 2.33 bits per heavy atom. The minimum atomic E-state index is -0.0354. The third-order valence-corrected chi connectivity index (χ3v) is 4.16. The predicted octanol–water partition coefficient (Wildman–Crippen LogP) is 1.28. The van der Waals surface area contributed by atoms with Crippen LogP contribution < -0.4 is 0 Å². The molecule has 2 heterocycles. The Kier molecular flexibility index (Phi) is 5.42. The van der Waals surface area contributed by atoms with Crippen LogP contribution in [0.2, 0.25) is 0 Å². The van der Waals surface area contributed by atoms with Crippen LogP contribution in [0.4, 0.5) is 0 Å². The summed E-state index contributed by atoms with van der Waals surface area (Å²) in [6.07, 6.45) is 4.91. The van der Waals surface area contributed by atoms with Crippen LogP contribution in [-0.4, -0.2) is 62.2 Å². The molecule has 0 bridgehead atoms. The molecule has 106 valence electrons. The van der Waals surface area contributed by atoms with Crippen LogP contribution in [0, 0.1) is 5.41 Å². The molecule has 2 unspecified atom stereocenters. The van der Waals surface area contributed by atoms with Crippen molar-refractivity contribution in [3.63, 3.8) is 0 Å². The molecule has 2 atom stereocenters. The van der Waals surface area contributed by atoms with E-state index in [0.717, 1.165) is 45.7 Å². The molecular formula is C14H27NO3. The lowest BCUT2D eigenvalue weighted by molar-refractivity contribution is -0.0704. The average Bonchev–Trinajstić information content (AvgIpc) is 2.41. The zero-order chi connectivity index (χ0) is 12.8. The van der Waals surface area contributed by atoms with Gasteiger partial charge in [0.05, 0.1) is 19.3 Å². The fraction of sp³-hybridized carbons (Fsp3) is 1.00. The van der Waals surface area contributed by atoms with Crippen LogP contribution in [0.3, 0.4) is 0 Å². The first-order valence-electron chi connectivity index (χ1n) is 7.30. The summed E-state index contributed by atoms with van der Waals surface area (Å²) in [5.41, 5.74) is -0.0354. The van der Waals surface area contributed by atoms with Gasteiger partial charge in [-0.2, -0.15) is 0 Å². The lowest BCUT2D eigenvalue weighted by Gasteiger charge is -2.42. The Morgan fingerprint density at radius 3 is 3.00 bits per heavy atom. The van der Waals surface area contributed by atoms with Gasteiger partial charge in [-0.25, -0.2) is 0 Å². The first-order chi connectivity index (χ1) is 8.78. The van der Waals surface area contributed by atoms with Gasteiger partial charge >= 0.3 is 0 Å². The molecule has 4 heteroatoms. The third-order valence-electron chi connectivity index (χ3n) is 4.16. The molecule has 1 N–H and O–H groups in total. The molecule has 2 fully saturated rings. The summed E-state index contributed by atoms with van der Waals surface area (Å²) in [4.78, 5) is 2.45. The molecule has 0 spiro atoms. The van der Waals surface area contributed by atoms with Crippen molar-refractivity contribution in [3.05, 3.63) is 0 Å². The molecule has 2 aliphatic heterocycles. The van der Waals surface area contributed by atoms with Gasteiger partial charge in [0.1, 0.15) is 0 Å². The van der Waals surface area contributed by atoms with Gasteiger partial charge in [0.25, 0.3) is 0 Å². The Labute approximate surface area is 110 Å². The highest BCUT2D eigenvalue weighted by Crippen LogP contribution is 2.30. The summed E-state index contributed by atoms with van der Waals surface area (Å²) in [6.45, 7) is 7.75. The minimum Gasteiger partial charge on any atom is -0.396 e. The van der Waals surface area contributed by atoms with Crippen LogP contribution in [0.5, 0.6) is 0 Å². The van der Waals surface area contributed by atoms with E-state index in [1.54, 1.807) is 0 Å². The van der Waals surface area contributed by atoms with E-state index in [0.29, 0.717) is 12.7 Å². The van der Waals surface area contributed by atoms with E-state index in [-0.39, 0.29) is 12.0 Å². The molecule has 2 saturated heterocycles. The van der Waals surface area contributed by atoms with Crippen LogP contribution in [-0.2, 0) is 9.47 Å². The van der Waals surface area contributed by atoms with Crippen molar-refractivity contribution in [1.82, 2.24) is 4.90 Å². The van der Waals surface area contributed by atoms with Crippen molar-refractivity contribution in [3.8, 4) is 0 Å². The van der Waals surface area contributed by atoms with Crippen LogP contribution >= 0.6 is 0 Å². The van der Waals surface area contributed by atoms with Crippen molar-refractivity contribution in [2.75, 3.05) is 46.1 Å². The highest BCUT2D eigenvalue weighted by atomic mass is 16.5. The Hall–Kier alpha value is -0.160. The van der Waals surface area contributed by atoms with Gasteiger partial charge in [0, 0.05) is 31.7 Å². The minimum absolute atomic E-state index is 0.0354. The van der Waals surface area contributed by atoms with Crippen molar-refractivity contribution < 1.29 is 14.6 Å². The number of aliphatic hydroxyl groups is 1. The van der Waals surface area contributed by atoms with E-state index in [1.165, 1.54) is 12.8 Å². The number of hydrogen-bond donors (Lipinski definition) is 1. The van der Waals surface area contributed by atoms with Gasteiger partial charge < -0.3 is 19.5 Å². The molecule has 0 saturated carbocycles. The average molecular weight is 257 g/mol. The number of hydrogen-bond acceptors (Lipinski definition) is 4. The van der Waals surface area contributed by atoms with E-state index >= 15 is 0 Å². The highest BCUT2D eigenvalue weighted by molar-refractivity contribution is 4.86. The third kappa shape index (κ3) is 3.67. The zero-order valence-electron chi connectivity index (χ0n) is 11.6. The quantitative estimate of drug-likeness (QED) is 0.805. The van der Waals surface area contributed by atoms with Gasteiger partial charge in [-0.05, 0) is 39.2 Å². The molecule has 4 nitrogen and oxygen atoms in total.